The van der Waals surface area contributed by atoms with Crippen molar-refractivity contribution in [1.29, 1.82) is 0 Å². The zero-order valence-corrected chi connectivity index (χ0v) is 12.2. The van der Waals surface area contributed by atoms with Gasteiger partial charge in [0.25, 0.3) is 5.91 Å². The van der Waals surface area contributed by atoms with Gasteiger partial charge in [-0.05, 0) is 36.3 Å². The Balaban J connectivity index is 2.09. The zero-order valence-electron chi connectivity index (χ0n) is 11.3. The molecule has 2 rings (SSSR count). The van der Waals surface area contributed by atoms with E-state index >= 15 is 0 Å². The molecular formula is C14H19NO3S. The highest BCUT2D eigenvalue weighted by Gasteiger charge is 2.30. The summed E-state index contributed by atoms with van der Waals surface area (Å²) in [6.45, 7) is 3.26. The molecule has 0 spiro atoms. The number of rotatable bonds is 3. The van der Waals surface area contributed by atoms with Crippen molar-refractivity contribution in [2.24, 2.45) is 5.92 Å². The third-order valence-corrected chi connectivity index (χ3v) is 4.51. The van der Waals surface area contributed by atoms with E-state index in [1.54, 1.807) is 4.90 Å². The van der Waals surface area contributed by atoms with Crippen molar-refractivity contribution < 1.29 is 14.3 Å². The fourth-order valence-corrected chi connectivity index (χ4v) is 3.43. The number of likely N-dealkylation sites (tertiary alicyclic amines) is 1. The van der Waals surface area contributed by atoms with E-state index in [2.05, 4.69) is 0 Å². The number of esters is 1. The van der Waals surface area contributed by atoms with E-state index in [1.165, 1.54) is 18.4 Å². The summed E-state index contributed by atoms with van der Waals surface area (Å²) in [7, 11) is 1.40. The van der Waals surface area contributed by atoms with Crippen molar-refractivity contribution in [3.63, 3.8) is 0 Å². The molecule has 4 nitrogen and oxygen atoms in total. The fourth-order valence-electron chi connectivity index (χ4n) is 2.47. The largest absolute Gasteiger partial charge is 0.469 e. The molecule has 1 saturated heterocycles. The summed E-state index contributed by atoms with van der Waals surface area (Å²) in [5.41, 5.74) is 1.09. The molecule has 1 atom stereocenters. The van der Waals surface area contributed by atoms with Crippen molar-refractivity contribution in [3.8, 4) is 0 Å². The Morgan fingerprint density at radius 3 is 3.00 bits per heavy atom. The molecule has 0 aromatic carbocycles. The highest BCUT2D eigenvalue weighted by Crippen LogP contribution is 2.24. The number of ether oxygens (including phenoxy) is 1. The third kappa shape index (κ3) is 2.97. The fraction of sp³-hybridized carbons (Fsp3) is 0.571. The van der Waals surface area contributed by atoms with Gasteiger partial charge in [-0.2, -0.15) is 0 Å². The molecule has 1 fully saturated rings. The summed E-state index contributed by atoms with van der Waals surface area (Å²) in [6.07, 6.45) is 2.53. The number of amides is 1. The van der Waals surface area contributed by atoms with E-state index < -0.39 is 0 Å². The summed E-state index contributed by atoms with van der Waals surface area (Å²) in [4.78, 5) is 26.7. The lowest BCUT2D eigenvalue weighted by Gasteiger charge is -2.31. The first-order chi connectivity index (χ1) is 9.17. The van der Waals surface area contributed by atoms with E-state index in [-0.39, 0.29) is 17.8 Å². The Labute approximate surface area is 117 Å². The van der Waals surface area contributed by atoms with Crippen molar-refractivity contribution >= 4 is 23.2 Å². The average molecular weight is 281 g/mol. The standard InChI is InChI=1S/C14H19NO3S/c1-3-10-6-8-19-12(10)13(16)15-7-4-5-11(9-15)14(17)18-2/h6,8,11H,3-5,7,9H2,1-2H3. The van der Waals surface area contributed by atoms with E-state index in [0.29, 0.717) is 6.54 Å². The molecule has 19 heavy (non-hydrogen) atoms. The summed E-state index contributed by atoms with van der Waals surface area (Å²) in [6, 6.07) is 2.00. The maximum Gasteiger partial charge on any atom is 0.310 e. The Bertz CT molecular complexity index is 469. The minimum Gasteiger partial charge on any atom is -0.469 e. The Hall–Kier alpha value is -1.36. The Kier molecular flexibility index (Phi) is 4.58. The van der Waals surface area contributed by atoms with Crippen LogP contribution in [0, 0.1) is 5.92 Å². The van der Waals surface area contributed by atoms with Crippen LogP contribution in [0.2, 0.25) is 0 Å². The summed E-state index contributed by atoms with van der Waals surface area (Å²) < 4.78 is 4.78. The predicted octanol–water partition coefficient (Wildman–Crippen LogP) is 2.34. The average Bonchev–Trinajstić information content (AvgIpc) is 2.94. The monoisotopic (exact) mass is 281 g/mol. The molecule has 1 unspecified atom stereocenters. The van der Waals surface area contributed by atoms with Crippen LogP contribution >= 0.6 is 11.3 Å². The number of thiophene rings is 1. The van der Waals surface area contributed by atoms with E-state index in [4.69, 9.17) is 4.74 Å². The first-order valence-electron chi connectivity index (χ1n) is 6.60. The molecule has 104 valence electrons. The van der Waals surface area contributed by atoms with E-state index in [9.17, 15) is 9.59 Å². The first-order valence-corrected chi connectivity index (χ1v) is 7.48. The van der Waals surface area contributed by atoms with Crippen LogP contribution in [0.1, 0.15) is 35.0 Å². The second kappa shape index (κ2) is 6.19. The summed E-state index contributed by atoms with van der Waals surface area (Å²) in [5, 5.41) is 1.95. The number of hydrogen-bond donors (Lipinski definition) is 0. The lowest BCUT2D eigenvalue weighted by atomic mass is 9.98. The highest BCUT2D eigenvalue weighted by molar-refractivity contribution is 7.12. The lowest BCUT2D eigenvalue weighted by Crippen LogP contribution is -2.42. The third-order valence-electron chi connectivity index (χ3n) is 3.57. The van der Waals surface area contributed by atoms with Crippen LogP contribution < -0.4 is 0 Å². The zero-order chi connectivity index (χ0) is 13.8. The SMILES string of the molecule is CCc1ccsc1C(=O)N1CCCC(C(=O)OC)C1. The van der Waals surface area contributed by atoms with Gasteiger partial charge in [-0.15, -0.1) is 11.3 Å². The van der Waals surface area contributed by atoms with Gasteiger partial charge in [-0.3, -0.25) is 9.59 Å². The van der Waals surface area contributed by atoms with Crippen LogP contribution in [0.25, 0.3) is 0 Å². The van der Waals surface area contributed by atoms with Crippen molar-refractivity contribution in [2.45, 2.75) is 26.2 Å². The van der Waals surface area contributed by atoms with Gasteiger partial charge in [-0.25, -0.2) is 0 Å². The number of aryl methyl sites for hydroxylation is 1. The molecule has 0 bridgehead atoms. The summed E-state index contributed by atoms with van der Waals surface area (Å²) >= 11 is 1.48. The van der Waals surface area contributed by atoms with Crippen molar-refractivity contribution in [3.05, 3.63) is 21.9 Å². The van der Waals surface area contributed by atoms with Gasteiger partial charge in [0.1, 0.15) is 0 Å². The van der Waals surface area contributed by atoms with E-state index in [1.807, 2.05) is 18.4 Å². The number of nitrogens with zero attached hydrogens (tertiary/aromatic N) is 1. The summed E-state index contributed by atoms with van der Waals surface area (Å²) in [5.74, 6) is -0.326. The Morgan fingerprint density at radius 1 is 1.53 bits per heavy atom. The molecule has 0 radical (unpaired) electrons. The van der Waals surface area contributed by atoms with Crippen LogP contribution in [-0.2, 0) is 16.0 Å². The first kappa shape index (κ1) is 14.1. The molecule has 0 aliphatic carbocycles. The van der Waals surface area contributed by atoms with Crippen LogP contribution in [0.15, 0.2) is 11.4 Å². The minimum absolute atomic E-state index is 0.0560. The van der Waals surface area contributed by atoms with Gasteiger partial charge in [0, 0.05) is 13.1 Å². The van der Waals surface area contributed by atoms with Crippen LogP contribution in [0.4, 0.5) is 0 Å². The molecule has 0 saturated carbocycles. The second-order valence-electron chi connectivity index (χ2n) is 4.74. The topological polar surface area (TPSA) is 46.6 Å². The number of hydrogen-bond acceptors (Lipinski definition) is 4. The number of piperidine rings is 1. The molecule has 2 heterocycles. The normalized spacial score (nSPS) is 19.3. The maximum absolute atomic E-state index is 12.5. The molecule has 1 aromatic heterocycles. The minimum atomic E-state index is -0.209. The van der Waals surface area contributed by atoms with Gasteiger partial charge < -0.3 is 9.64 Å². The van der Waals surface area contributed by atoms with Crippen LogP contribution in [0.5, 0.6) is 0 Å². The van der Waals surface area contributed by atoms with Gasteiger partial charge >= 0.3 is 5.97 Å². The van der Waals surface area contributed by atoms with Crippen molar-refractivity contribution in [2.75, 3.05) is 20.2 Å². The number of carbonyl (C=O) groups is 2. The predicted molar refractivity (Wildman–Crippen MR) is 74.3 cm³/mol. The molecule has 0 N–H and O–H groups in total. The molecule has 1 amide bonds. The van der Waals surface area contributed by atoms with Crippen LogP contribution in [-0.4, -0.2) is 37.0 Å². The molecule has 1 aromatic rings. The van der Waals surface area contributed by atoms with Gasteiger partial charge in [0.15, 0.2) is 0 Å². The Morgan fingerprint density at radius 2 is 2.32 bits per heavy atom. The number of carbonyl (C=O) groups excluding carboxylic acids is 2. The van der Waals surface area contributed by atoms with Crippen molar-refractivity contribution in [1.82, 2.24) is 4.90 Å². The molecular weight excluding hydrogens is 262 g/mol. The van der Waals surface area contributed by atoms with Gasteiger partial charge in [0.2, 0.25) is 0 Å². The molecule has 1 aliphatic rings. The number of methoxy groups -OCH3 is 1. The van der Waals surface area contributed by atoms with Crippen LogP contribution in [0.3, 0.4) is 0 Å². The van der Waals surface area contributed by atoms with Gasteiger partial charge in [-0.1, -0.05) is 6.92 Å². The lowest BCUT2D eigenvalue weighted by molar-refractivity contribution is -0.146. The second-order valence-corrected chi connectivity index (χ2v) is 5.66. The molecule has 1 aliphatic heterocycles. The smallest absolute Gasteiger partial charge is 0.310 e. The quantitative estimate of drug-likeness (QED) is 0.799. The van der Waals surface area contributed by atoms with Gasteiger partial charge in [0.05, 0.1) is 17.9 Å². The van der Waals surface area contributed by atoms with E-state index in [0.717, 1.165) is 36.2 Å². The highest BCUT2D eigenvalue weighted by atomic mass is 32.1. The maximum atomic E-state index is 12.5. The molecule has 5 heteroatoms.